The van der Waals surface area contributed by atoms with E-state index < -0.39 is 23.1 Å². The first-order valence-electron chi connectivity index (χ1n) is 9.05. The first-order valence-corrected chi connectivity index (χ1v) is 9.05. The number of carbonyl (C=O) groups excluding carboxylic acids is 1. The summed E-state index contributed by atoms with van der Waals surface area (Å²) in [4.78, 5) is 16.3. The molecule has 148 valence electrons. The van der Waals surface area contributed by atoms with Gasteiger partial charge in [0.25, 0.3) is 5.91 Å². The van der Waals surface area contributed by atoms with Gasteiger partial charge in [-0.05, 0) is 36.8 Å². The number of aromatic nitrogens is 5. The molecule has 2 heterocycles. The van der Waals surface area contributed by atoms with E-state index in [0.29, 0.717) is 12.2 Å². The minimum absolute atomic E-state index is 0.167. The smallest absolute Gasteiger partial charge is 0.257 e. The number of hydrogen-bond donors (Lipinski definition) is 2. The van der Waals surface area contributed by atoms with Crippen LogP contribution in [0.5, 0.6) is 0 Å². The molecule has 1 amide bonds. The average molecular weight is 396 g/mol. The maximum atomic E-state index is 14.4. The van der Waals surface area contributed by atoms with Crippen LogP contribution in [-0.4, -0.2) is 37.4 Å². The van der Waals surface area contributed by atoms with E-state index in [1.807, 2.05) is 18.2 Å². The van der Waals surface area contributed by atoms with Gasteiger partial charge in [0, 0.05) is 31.0 Å². The van der Waals surface area contributed by atoms with Crippen LogP contribution in [0.25, 0.3) is 22.3 Å². The summed E-state index contributed by atoms with van der Waals surface area (Å²) in [6.07, 6.45) is 2.23. The molecule has 2 aromatic heterocycles. The number of amides is 1. The van der Waals surface area contributed by atoms with Gasteiger partial charge in [-0.1, -0.05) is 6.07 Å². The molecule has 0 aliphatic rings. The number of fused-ring (bicyclic) bond motifs is 1. The van der Waals surface area contributed by atoms with Crippen molar-refractivity contribution in [2.45, 2.75) is 13.3 Å². The standard InChI is InChI=1S/C20H18F2N6O/c1-3-23-20(29)18-14(21)8-12(9-15(18)22)19-25-17(28(2)27-19)7-11-4-5-16-13(6-11)10-24-26-16/h4-6,8-10H,3,7H2,1-2H3,(H,23,29)(H,24,26). The van der Waals surface area contributed by atoms with Gasteiger partial charge in [-0.15, -0.1) is 0 Å². The first kappa shape index (κ1) is 18.7. The number of aryl methyl sites for hydroxylation is 1. The summed E-state index contributed by atoms with van der Waals surface area (Å²) in [5.74, 6) is -1.88. The Kier molecular flexibility index (Phi) is 4.79. The summed E-state index contributed by atoms with van der Waals surface area (Å²) in [5, 5.41) is 14.5. The topological polar surface area (TPSA) is 88.5 Å². The Labute approximate surface area is 164 Å². The Morgan fingerprint density at radius 1 is 1.21 bits per heavy atom. The van der Waals surface area contributed by atoms with E-state index in [1.54, 1.807) is 24.9 Å². The Hall–Kier alpha value is -3.62. The highest BCUT2D eigenvalue weighted by Crippen LogP contribution is 2.23. The summed E-state index contributed by atoms with van der Waals surface area (Å²) in [6.45, 7) is 1.95. The zero-order valence-electron chi connectivity index (χ0n) is 15.8. The van der Waals surface area contributed by atoms with Crippen LogP contribution in [-0.2, 0) is 13.5 Å². The highest BCUT2D eigenvalue weighted by Gasteiger charge is 2.20. The molecule has 7 nitrogen and oxygen atoms in total. The molecule has 0 atom stereocenters. The predicted octanol–water partition coefficient (Wildman–Crippen LogP) is 2.98. The van der Waals surface area contributed by atoms with E-state index in [-0.39, 0.29) is 17.9 Å². The lowest BCUT2D eigenvalue weighted by molar-refractivity contribution is 0.0947. The van der Waals surface area contributed by atoms with Crippen molar-refractivity contribution in [3.05, 3.63) is 65.1 Å². The molecule has 9 heteroatoms. The Morgan fingerprint density at radius 3 is 2.69 bits per heavy atom. The molecular formula is C20H18F2N6O. The maximum Gasteiger partial charge on any atom is 0.257 e. The number of rotatable bonds is 5. The van der Waals surface area contributed by atoms with E-state index in [4.69, 9.17) is 0 Å². The van der Waals surface area contributed by atoms with E-state index in [0.717, 1.165) is 28.6 Å². The van der Waals surface area contributed by atoms with Gasteiger partial charge in [0.05, 0.1) is 11.7 Å². The van der Waals surface area contributed by atoms with Crippen LogP contribution in [0.1, 0.15) is 28.7 Å². The first-order chi connectivity index (χ1) is 14.0. The fraction of sp³-hybridized carbons (Fsp3) is 0.200. The number of halogens is 2. The Balaban J connectivity index is 1.64. The SMILES string of the molecule is CCNC(=O)c1c(F)cc(-c2nc(Cc3ccc4[nH]ncc4c3)n(C)n2)cc1F. The number of aromatic amines is 1. The number of nitrogens with one attached hydrogen (secondary N) is 2. The molecular weight excluding hydrogens is 378 g/mol. The molecule has 0 saturated heterocycles. The monoisotopic (exact) mass is 396 g/mol. The molecule has 0 spiro atoms. The lowest BCUT2D eigenvalue weighted by Crippen LogP contribution is -2.25. The zero-order valence-corrected chi connectivity index (χ0v) is 15.8. The molecule has 4 rings (SSSR count). The highest BCUT2D eigenvalue weighted by molar-refractivity contribution is 5.95. The lowest BCUT2D eigenvalue weighted by atomic mass is 10.1. The van der Waals surface area contributed by atoms with Gasteiger partial charge in [-0.25, -0.2) is 13.8 Å². The molecule has 4 aromatic rings. The van der Waals surface area contributed by atoms with Gasteiger partial charge in [-0.2, -0.15) is 10.2 Å². The van der Waals surface area contributed by atoms with E-state index >= 15 is 0 Å². The zero-order chi connectivity index (χ0) is 20.5. The molecule has 0 aliphatic heterocycles. The van der Waals surface area contributed by atoms with Crippen LogP contribution in [0.4, 0.5) is 8.78 Å². The van der Waals surface area contributed by atoms with Crippen molar-refractivity contribution < 1.29 is 13.6 Å². The van der Waals surface area contributed by atoms with Crippen LogP contribution >= 0.6 is 0 Å². The van der Waals surface area contributed by atoms with Crippen LogP contribution in [0.15, 0.2) is 36.5 Å². The molecule has 0 fully saturated rings. The van der Waals surface area contributed by atoms with Crippen molar-refractivity contribution in [3.8, 4) is 11.4 Å². The third kappa shape index (κ3) is 3.58. The minimum Gasteiger partial charge on any atom is -0.352 e. The van der Waals surface area contributed by atoms with Crippen LogP contribution < -0.4 is 5.32 Å². The third-order valence-corrected chi connectivity index (χ3v) is 4.58. The summed E-state index contributed by atoms with van der Waals surface area (Å²) in [5.41, 5.74) is 1.50. The van der Waals surface area contributed by atoms with Gasteiger partial charge in [0.15, 0.2) is 5.82 Å². The second-order valence-electron chi connectivity index (χ2n) is 6.62. The van der Waals surface area contributed by atoms with Gasteiger partial charge >= 0.3 is 0 Å². The van der Waals surface area contributed by atoms with Gasteiger partial charge in [-0.3, -0.25) is 14.6 Å². The van der Waals surface area contributed by atoms with Crippen molar-refractivity contribution in [3.63, 3.8) is 0 Å². The van der Waals surface area contributed by atoms with Crippen LogP contribution in [0.2, 0.25) is 0 Å². The van der Waals surface area contributed by atoms with E-state index in [1.165, 1.54) is 0 Å². The predicted molar refractivity (Wildman–Crippen MR) is 103 cm³/mol. The van der Waals surface area contributed by atoms with Crippen molar-refractivity contribution in [1.82, 2.24) is 30.3 Å². The maximum absolute atomic E-state index is 14.4. The minimum atomic E-state index is -0.953. The molecule has 29 heavy (non-hydrogen) atoms. The quantitative estimate of drug-likeness (QED) is 0.543. The molecule has 0 saturated carbocycles. The molecule has 2 aromatic carbocycles. The fourth-order valence-corrected chi connectivity index (χ4v) is 3.15. The summed E-state index contributed by atoms with van der Waals surface area (Å²) >= 11 is 0. The molecule has 0 radical (unpaired) electrons. The highest BCUT2D eigenvalue weighted by atomic mass is 19.1. The largest absolute Gasteiger partial charge is 0.352 e. The van der Waals surface area contributed by atoms with Gasteiger partial charge in [0.1, 0.15) is 23.0 Å². The fourth-order valence-electron chi connectivity index (χ4n) is 3.15. The lowest BCUT2D eigenvalue weighted by Gasteiger charge is -2.06. The normalized spacial score (nSPS) is 11.2. The van der Waals surface area contributed by atoms with Crippen molar-refractivity contribution in [2.24, 2.45) is 7.05 Å². The molecule has 0 bridgehead atoms. The second kappa shape index (κ2) is 7.42. The number of nitrogens with zero attached hydrogens (tertiary/aromatic N) is 4. The molecule has 2 N–H and O–H groups in total. The number of hydrogen-bond acceptors (Lipinski definition) is 4. The number of carbonyl (C=O) groups is 1. The van der Waals surface area contributed by atoms with Crippen LogP contribution in [0.3, 0.4) is 0 Å². The van der Waals surface area contributed by atoms with Crippen molar-refractivity contribution in [1.29, 1.82) is 0 Å². The summed E-state index contributed by atoms with van der Waals surface area (Å²) in [6, 6.07) is 8.03. The van der Waals surface area contributed by atoms with E-state index in [2.05, 4.69) is 25.6 Å². The van der Waals surface area contributed by atoms with Crippen LogP contribution in [0, 0.1) is 11.6 Å². The van der Waals surface area contributed by atoms with Crippen molar-refractivity contribution in [2.75, 3.05) is 6.54 Å². The summed E-state index contributed by atoms with van der Waals surface area (Å²) in [7, 11) is 1.72. The molecule has 0 aliphatic carbocycles. The molecule has 0 unspecified atom stereocenters. The number of benzene rings is 2. The Morgan fingerprint density at radius 2 is 1.97 bits per heavy atom. The third-order valence-electron chi connectivity index (χ3n) is 4.58. The second-order valence-corrected chi connectivity index (χ2v) is 6.62. The van der Waals surface area contributed by atoms with E-state index in [9.17, 15) is 13.6 Å². The van der Waals surface area contributed by atoms with Gasteiger partial charge < -0.3 is 5.32 Å². The van der Waals surface area contributed by atoms with Gasteiger partial charge in [0.2, 0.25) is 0 Å². The average Bonchev–Trinajstić information content (AvgIpc) is 3.28. The number of H-pyrrole nitrogens is 1. The summed E-state index contributed by atoms with van der Waals surface area (Å²) < 4.78 is 30.3. The van der Waals surface area contributed by atoms with Crippen molar-refractivity contribution >= 4 is 16.8 Å². The Bertz CT molecular complexity index is 1190.